The Morgan fingerprint density at radius 1 is 0.625 bits per heavy atom. The van der Waals surface area contributed by atoms with Crippen LogP contribution >= 0.6 is 0 Å². The van der Waals surface area contributed by atoms with Crippen molar-refractivity contribution in [3.05, 3.63) is 126 Å². The van der Waals surface area contributed by atoms with Crippen molar-refractivity contribution in [2.45, 2.75) is 0 Å². The molecule has 4 rings (SSSR count). The van der Waals surface area contributed by atoms with Crippen molar-refractivity contribution in [1.29, 1.82) is 0 Å². The third-order valence-electron chi connectivity index (χ3n) is 3.39. The highest BCUT2D eigenvalue weighted by Crippen LogP contribution is 2.35. The van der Waals surface area contributed by atoms with Gasteiger partial charge >= 0.3 is 0 Å². The lowest BCUT2D eigenvalue weighted by Crippen LogP contribution is -2.07. The summed E-state index contributed by atoms with van der Waals surface area (Å²) >= 11 is 0. The Hall–Kier alpha value is -3.06. The van der Waals surface area contributed by atoms with Crippen molar-refractivity contribution in [1.82, 2.24) is 0 Å². The van der Waals surface area contributed by atoms with Gasteiger partial charge in [-0.1, -0.05) is 90.8 Å². The van der Waals surface area contributed by atoms with Crippen molar-refractivity contribution in [2.24, 2.45) is 0 Å². The molecule has 0 amide bonds. The van der Waals surface area contributed by atoms with Crippen LogP contribution in [0.1, 0.15) is 30.4 Å². The van der Waals surface area contributed by atoms with Crippen LogP contribution in [0.15, 0.2) is 103 Å². The van der Waals surface area contributed by atoms with Crippen LogP contribution in [0.25, 0.3) is 11.3 Å². The molecule has 0 atom stereocenters. The van der Waals surface area contributed by atoms with Gasteiger partial charge in [0.25, 0.3) is 0 Å². The van der Waals surface area contributed by atoms with Crippen molar-refractivity contribution in [3.8, 4) is 0 Å². The topological polar surface area (TPSA) is 9.23 Å². The number of allylic oxidation sites excluding steroid dienone is 2. The summed E-state index contributed by atoms with van der Waals surface area (Å²) in [5.74, 6) is -0.0971. The molecule has 1 nitrogen and oxygen atoms in total. The lowest BCUT2D eigenvalue weighted by atomic mass is 9.97. The van der Waals surface area contributed by atoms with Crippen molar-refractivity contribution < 1.29 is 18.4 Å². The Bertz CT molecular complexity index is 1320. The summed E-state index contributed by atoms with van der Waals surface area (Å²) in [5.41, 5.74) is 0.811. The summed E-state index contributed by atoms with van der Waals surface area (Å²) in [7, 11) is 0. The molecule has 0 spiro atoms. The van der Waals surface area contributed by atoms with Crippen LogP contribution in [0, 0.1) is 6.10 Å². The van der Waals surface area contributed by atoms with E-state index in [1.807, 2.05) is 6.07 Å². The van der Waals surface area contributed by atoms with Gasteiger partial charge in [-0.15, -0.1) is 0 Å². The first-order chi connectivity index (χ1) is 16.0. The molecule has 1 aliphatic rings. The van der Waals surface area contributed by atoms with Crippen LogP contribution in [0.4, 0.5) is 0 Å². The summed E-state index contributed by atoms with van der Waals surface area (Å²) in [4.78, 5) is 0. The summed E-state index contributed by atoms with van der Waals surface area (Å²) in [6.07, 6.45) is 2.91. The molecule has 0 N–H and O–H groups in total. The highest BCUT2D eigenvalue weighted by atomic mass is 16.5. The smallest absolute Gasteiger partial charge is 0.200 e. The molecule has 1 radical (unpaired) electrons. The van der Waals surface area contributed by atoms with Crippen molar-refractivity contribution in [3.63, 3.8) is 0 Å². The summed E-state index contributed by atoms with van der Waals surface area (Å²) < 4.78 is 86.8. The van der Waals surface area contributed by atoms with Crippen LogP contribution in [-0.2, 0) is 4.74 Å². The van der Waals surface area contributed by atoms with Gasteiger partial charge in [-0.25, -0.2) is 0 Å². The van der Waals surface area contributed by atoms with E-state index in [4.69, 9.17) is 18.4 Å². The lowest BCUT2D eigenvalue weighted by molar-refractivity contribution is 0.336. The first-order valence-corrected chi connectivity index (χ1v) is 7.22. The second-order valence-corrected chi connectivity index (χ2v) is 4.94. The van der Waals surface area contributed by atoms with Crippen LogP contribution in [0.5, 0.6) is 0 Å². The zero-order valence-corrected chi connectivity index (χ0v) is 12.4. The fourth-order valence-corrected chi connectivity index (χ4v) is 2.29. The van der Waals surface area contributed by atoms with Gasteiger partial charge in [0.1, 0.15) is 5.76 Å². The molecule has 0 saturated carbocycles. The molecule has 1 heteroatoms. The minimum absolute atomic E-state index is 0.0971. The van der Waals surface area contributed by atoms with E-state index in [2.05, 4.69) is 0 Å². The second kappa shape index (κ2) is 6.59. The molecule has 0 aliphatic carbocycles. The third kappa shape index (κ3) is 3.02. The van der Waals surface area contributed by atoms with Crippen LogP contribution in [0.2, 0.25) is 0 Å². The van der Waals surface area contributed by atoms with Crippen molar-refractivity contribution in [2.75, 3.05) is 0 Å². The predicted molar refractivity (Wildman–Crippen MR) is 98.7 cm³/mol. The number of hydrogen-bond acceptors (Lipinski definition) is 1. The zero-order chi connectivity index (χ0) is 24.9. The van der Waals surface area contributed by atoms with Crippen LogP contribution < -0.4 is 0 Å². The largest absolute Gasteiger partial charge is 0.473 e. The Morgan fingerprint density at radius 2 is 1.25 bits per heavy atom. The van der Waals surface area contributed by atoms with Gasteiger partial charge in [0, 0.05) is 11.1 Å². The van der Waals surface area contributed by atoms with Gasteiger partial charge in [-0.3, -0.25) is 0 Å². The highest BCUT2D eigenvalue weighted by molar-refractivity contribution is 5.85. The molecule has 0 bridgehead atoms. The van der Waals surface area contributed by atoms with E-state index in [1.165, 1.54) is 12.2 Å². The summed E-state index contributed by atoms with van der Waals surface area (Å²) in [6.45, 7) is 0. The summed E-state index contributed by atoms with van der Waals surface area (Å²) in [5, 5.41) is 0. The number of hydrogen-bond donors (Lipinski definition) is 0. The van der Waals surface area contributed by atoms with E-state index < -0.39 is 60.4 Å². The third-order valence-corrected chi connectivity index (χ3v) is 3.39. The van der Waals surface area contributed by atoms with E-state index in [-0.39, 0.29) is 23.0 Å². The zero-order valence-electron chi connectivity index (χ0n) is 22.4. The maximum Gasteiger partial charge on any atom is 0.200 e. The highest BCUT2D eigenvalue weighted by Gasteiger charge is 2.21. The maximum atomic E-state index is 8.31. The number of benzene rings is 3. The average Bonchev–Trinajstić information content (AvgIpc) is 2.84. The molecule has 3 aromatic rings. The monoisotopic (exact) mass is 319 g/mol. The molecule has 24 heavy (non-hydrogen) atoms. The lowest BCUT2D eigenvalue weighted by Gasteiger charge is -2.23. The van der Waals surface area contributed by atoms with E-state index in [0.29, 0.717) is 11.1 Å². The standard InChI is InChI=1S/C23H17O/c1-4-10-18(11-5-1)21-16-22(19-12-6-2-7-13-19)24-23(17-21)20-14-8-3-9-15-20/h1-17H/i2D,3D,6D,7D,8D,9D,12D,13D,14D,15D. The molecule has 115 valence electrons. The minimum Gasteiger partial charge on any atom is -0.473 e. The predicted octanol–water partition coefficient (Wildman–Crippen LogP) is 5.72. The SMILES string of the molecule is [2H]c1c([2H])c([2H])c([C]2C=C(c3ccccc3)C=C(c3c([2H])c([2H])c([2H])c([2H])c3[2H])O2)c([2H])c1[2H]. The molecular formula is C23H17O. The Labute approximate surface area is 156 Å². The quantitative estimate of drug-likeness (QED) is 0.600. The van der Waals surface area contributed by atoms with E-state index in [0.717, 1.165) is 0 Å². The number of rotatable bonds is 3. The van der Waals surface area contributed by atoms with Gasteiger partial charge < -0.3 is 4.74 Å². The minimum atomic E-state index is -0.552. The van der Waals surface area contributed by atoms with Crippen LogP contribution in [-0.4, -0.2) is 0 Å². The van der Waals surface area contributed by atoms with Gasteiger partial charge in [-0.2, -0.15) is 0 Å². The molecule has 0 fully saturated rings. The van der Waals surface area contributed by atoms with Gasteiger partial charge in [-0.05, 0) is 23.3 Å². The molecular weight excluding hydrogens is 292 g/mol. The number of ether oxygens (including phenoxy) is 1. The fraction of sp³-hybridized carbons (Fsp3) is 0. The molecule has 0 unspecified atom stereocenters. The Kier molecular flexibility index (Phi) is 1.99. The van der Waals surface area contributed by atoms with E-state index >= 15 is 0 Å². The van der Waals surface area contributed by atoms with Gasteiger partial charge in [0.15, 0.2) is 0 Å². The summed E-state index contributed by atoms with van der Waals surface area (Å²) in [6, 6.07) is 3.76. The molecule has 1 heterocycles. The average molecular weight is 319 g/mol. The maximum absolute atomic E-state index is 8.31. The fourth-order valence-electron chi connectivity index (χ4n) is 2.29. The van der Waals surface area contributed by atoms with Gasteiger partial charge in [0.05, 0.1) is 13.7 Å². The second-order valence-electron chi connectivity index (χ2n) is 4.94. The first-order valence-electron chi connectivity index (χ1n) is 12.2. The first kappa shape index (κ1) is 7.23. The molecule has 1 aliphatic heterocycles. The molecule has 0 saturated heterocycles. The Morgan fingerprint density at radius 3 is 1.92 bits per heavy atom. The van der Waals surface area contributed by atoms with E-state index in [9.17, 15) is 0 Å². The Balaban J connectivity index is 1.98. The molecule has 0 aromatic heterocycles. The van der Waals surface area contributed by atoms with Crippen molar-refractivity contribution >= 4 is 11.3 Å². The van der Waals surface area contributed by atoms with Crippen LogP contribution in [0.3, 0.4) is 0 Å². The molecule has 3 aromatic carbocycles. The van der Waals surface area contributed by atoms with E-state index in [1.54, 1.807) is 24.3 Å². The normalized spacial score (nSPS) is 20.3. The van der Waals surface area contributed by atoms with Gasteiger partial charge in [0.2, 0.25) is 6.10 Å².